The molecule has 3 rings (SSSR count). The van der Waals surface area contributed by atoms with E-state index < -0.39 is 5.97 Å². The summed E-state index contributed by atoms with van der Waals surface area (Å²) in [5.41, 5.74) is 6.80. The van der Waals surface area contributed by atoms with Crippen LogP contribution < -0.4 is 0 Å². The van der Waals surface area contributed by atoms with Gasteiger partial charge in [0.15, 0.2) is 0 Å². The molecule has 0 saturated carbocycles. The van der Waals surface area contributed by atoms with E-state index in [1.54, 1.807) is 0 Å². The molecule has 2 aromatic carbocycles. The van der Waals surface area contributed by atoms with E-state index in [1.165, 1.54) is 0 Å². The van der Waals surface area contributed by atoms with Crippen molar-refractivity contribution in [3.05, 3.63) is 57.6 Å². The number of aromatic nitrogens is 1. The van der Waals surface area contributed by atoms with Crippen molar-refractivity contribution in [2.75, 3.05) is 0 Å². The number of aromatic amines is 1. The number of H-pyrrole nitrogens is 1. The fourth-order valence-corrected chi connectivity index (χ4v) is 3.30. The molecule has 2 N–H and O–H groups in total. The monoisotopic (exact) mass is 327 g/mol. The first kappa shape index (κ1) is 15.6. The molecule has 0 spiro atoms. The van der Waals surface area contributed by atoms with Gasteiger partial charge in [0.25, 0.3) is 0 Å². The first-order valence-electron chi connectivity index (χ1n) is 7.47. The van der Waals surface area contributed by atoms with Gasteiger partial charge in [-0.3, -0.25) is 4.79 Å². The van der Waals surface area contributed by atoms with Gasteiger partial charge in [0, 0.05) is 10.9 Å². The summed E-state index contributed by atoms with van der Waals surface area (Å²) < 4.78 is 0. The molecule has 0 saturated heterocycles. The number of benzene rings is 2. The van der Waals surface area contributed by atoms with E-state index in [1.807, 2.05) is 32.9 Å². The van der Waals surface area contributed by atoms with Crippen LogP contribution in [0.4, 0.5) is 0 Å². The van der Waals surface area contributed by atoms with Crippen LogP contribution in [0, 0.1) is 20.8 Å². The summed E-state index contributed by atoms with van der Waals surface area (Å²) in [4.78, 5) is 14.8. The molecule has 1 aromatic heterocycles. The van der Waals surface area contributed by atoms with Gasteiger partial charge in [-0.1, -0.05) is 35.4 Å². The molecule has 0 radical (unpaired) electrons. The highest BCUT2D eigenvalue weighted by Crippen LogP contribution is 2.37. The second-order valence-corrected chi connectivity index (χ2v) is 6.39. The minimum Gasteiger partial charge on any atom is -0.481 e. The lowest BCUT2D eigenvalue weighted by Gasteiger charge is -2.08. The summed E-state index contributed by atoms with van der Waals surface area (Å²) in [6.45, 7) is 6.05. The van der Waals surface area contributed by atoms with Crippen LogP contribution in [0.25, 0.3) is 22.2 Å². The molecule has 0 atom stereocenters. The Labute approximate surface area is 139 Å². The van der Waals surface area contributed by atoms with Crippen LogP contribution >= 0.6 is 11.6 Å². The van der Waals surface area contributed by atoms with Crippen molar-refractivity contribution >= 4 is 28.5 Å². The summed E-state index contributed by atoms with van der Waals surface area (Å²) in [7, 11) is 0. The van der Waals surface area contributed by atoms with Crippen LogP contribution in [0.1, 0.15) is 22.3 Å². The lowest BCUT2D eigenvalue weighted by Crippen LogP contribution is -2.01. The minimum atomic E-state index is -0.866. The fourth-order valence-electron chi connectivity index (χ4n) is 3.03. The van der Waals surface area contributed by atoms with Crippen molar-refractivity contribution < 1.29 is 9.90 Å². The third-order valence-electron chi connectivity index (χ3n) is 4.21. The Morgan fingerprint density at radius 2 is 1.83 bits per heavy atom. The number of hydrogen-bond acceptors (Lipinski definition) is 1. The maximum atomic E-state index is 11.4. The van der Waals surface area contributed by atoms with E-state index in [0.717, 1.165) is 44.4 Å². The van der Waals surface area contributed by atoms with Gasteiger partial charge in [0.2, 0.25) is 0 Å². The molecule has 0 bridgehead atoms. The largest absolute Gasteiger partial charge is 0.481 e. The predicted molar refractivity (Wildman–Crippen MR) is 94.3 cm³/mol. The Morgan fingerprint density at radius 3 is 2.52 bits per heavy atom. The SMILES string of the molecule is Cc1ccc(C)c(-c2[nH]c3c(C)ccc(Cl)c3c2CC(=O)O)c1. The number of hydrogen-bond donors (Lipinski definition) is 2. The van der Waals surface area contributed by atoms with Crippen LogP contribution in [0.15, 0.2) is 30.3 Å². The molecule has 4 heteroatoms. The van der Waals surface area contributed by atoms with E-state index in [0.29, 0.717) is 5.02 Å². The molecule has 23 heavy (non-hydrogen) atoms. The molecule has 1 heterocycles. The summed E-state index contributed by atoms with van der Waals surface area (Å²) in [5.74, 6) is -0.866. The van der Waals surface area contributed by atoms with Crippen molar-refractivity contribution in [3.8, 4) is 11.3 Å². The maximum absolute atomic E-state index is 11.4. The molecule has 0 aliphatic carbocycles. The number of rotatable bonds is 3. The Kier molecular flexibility index (Phi) is 3.90. The maximum Gasteiger partial charge on any atom is 0.307 e. The summed E-state index contributed by atoms with van der Waals surface area (Å²) in [6.07, 6.45) is -0.0636. The zero-order valence-electron chi connectivity index (χ0n) is 13.3. The van der Waals surface area contributed by atoms with E-state index in [4.69, 9.17) is 11.6 Å². The fraction of sp³-hybridized carbons (Fsp3) is 0.211. The second-order valence-electron chi connectivity index (χ2n) is 5.98. The van der Waals surface area contributed by atoms with Gasteiger partial charge in [-0.25, -0.2) is 0 Å². The number of nitrogens with one attached hydrogen (secondary N) is 1. The van der Waals surface area contributed by atoms with E-state index in [-0.39, 0.29) is 6.42 Å². The van der Waals surface area contributed by atoms with Crippen molar-refractivity contribution in [1.29, 1.82) is 0 Å². The number of fused-ring (bicyclic) bond motifs is 1. The molecular weight excluding hydrogens is 310 g/mol. The number of carboxylic acid groups (broad SMARTS) is 1. The molecule has 3 nitrogen and oxygen atoms in total. The zero-order valence-corrected chi connectivity index (χ0v) is 14.1. The summed E-state index contributed by atoms with van der Waals surface area (Å²) >= 11 is 6.38. The summed E-state index contributed by atoms with van der Waals surface area (Å²) in [5, 5.41) is 10.7. The molecule has 0 fully saturated rings. The van der Waals surface area contributed by atoms with Crippen molar-refractivity contribution in [2.45, 2.75) is 27.2 Å². The predicted octanol–water partition coefficient (Wildman–Crippen LogP) is 5.04. The van der Waals surface area contributed by atoms with Gasteiger partial charge in [0.05, 0.1) is 22.7 Å². The van der Waals surface area contributed by atoms with E-state index in [2.05, 4.69) is 23.2 Å². The molecular formula is C19H18ClNO2. The van der Waals surface area contributed by atoms with Gasteiger partial charge in [-0.15, -0.1) is 0 Å². The normalized spacial score (nSPS) is 11.1. The molecule has 118 valence electrons. The highest BCUT2D eigenvalue weighted by Gasteiger charge is 2.20. The lowest BCUT2D eigenvalue weighted by atomic mass is 9.97. The number of carboxylic acids is 1. The minimum absolute atomic E-state index is 0.0636. The smallest absolute Gasteiger partial charge is 0.307 e. The quantitative estimate of drug-likeness (QED) is 0.708. The molecule has 0 unspecified atom stereocenters. The van der Waals surface area contributed by atoms with Crippen LogP contribution in [0.2, 0.25) is 5.02 Å². The van der Waals surface area contributed by atoms with Crippen LogP contribution in [-0.4, -0.2) is 16.1 Å². The van der Waals surface area contributed by atoms with Crippen LogP contribution in [-0.2, 0) is 11.2 Å². The molecule has 3 aromatic rings. The van der Waals surface area contributed by atoms with Gasteiger partial charge in [-0.2, -0.15) is 0 Å². The summed E-state index contributed by atoms with van der Waals surface area (Å²) in [6, 6.07) is 9.95. The van der Waals surface area contributed by atoms with Crippen molar-refractivity contribution in [1.82, 2.24) is 4.98 Å². The van der Waals surface area contributed by atoms with Crippen LogP contribution in [0.5, 0.6) is 0 Å². The second kappa shape index (κ2) is 5.74. The number of carbonyl (C=O) groups is 1. The highest BCUT2D eigenvalue weighted by molar-refractivity contribution is 6.36. The first-order chi connectivity index (χ1) is 10.9. The van der Waals surface area contributed by atoms with Crippen LogP contribution in [0.3, 0.4) is 0 Å². The lowest BCUT2D eigenvalue weighted by molar-refractivity contribution is -0.136. The number of halogens is 1. The Balaban J connectivity index is 2.40. The van der Waals surface area contributed by atoms with E-state index in [9.17, 15) is 9.90 Å². The zero-order chi connectivity index (χ0) is 16.7. The first-order valence-corrected chi connectivity index (χ1v) is 7.85. The van der Waals surface area contributed by atoms with Crippen molar-refractivity contribution in [3.63, 3.8) is 0 Å². The average molecular weight is 328 g/mol. The molecule has 0 aliphatic rings. The Bertz CT molecular complexity index is 925. The molecule has 0 aliphatic heterocycles. The van der Waals surface area contributed by atoms with Gasteiger partial charge < -0.3 is 10.1 Å². The van der Waals surface area contributed by atoms with Gasteiger partial charge in [0.1, 0.15) is 0 Å². The van der Waals surface area contributed by atoms with Crippen molar-refractivity contribution in [2.24, 2.45) is 0 Å². The third kappa shape index (κ3) is 2.73. The number of aryl methyl sites for hydroxylation is 3. The van der Waals surface area contributed by atoms with E-state index >= 15 is 0 Å². The Morgan fingerprint density at radius 1 is 1.13 bits per heavy atom. The topological polar surface area (TPSA) is 53.1 Å². The van der Waals surface area contributed by atoms with Gasteiger partial charge in [-0.05, 0) is 49.6 Å². The van der Waals surface area contributed by atoms with Gasteiger partial charge >= 0.3 is 5.97 Å². The number of aliphatic carboxylic acids is 1. The highest BCUT2D eigenvalue weighted by atomic mass is 35.5. The Hall–Kier alpha value is -2.26. The average Bonchev–Trinajstić information content (AvgIpc) is 2.85. The standard InChI is InChI=1S/C19H18ClNO2/c1-10-4-5-11(2)13(8-10)19-14(9-16(22)23)17-15(20)7-6-12(3)18(17)21-19/h4-8,21H,9H2,1-3H3,(H,22,23). The molecule has 0 amide bonds. The third-order valence-corrected chi connectivity index (χ3v) is 4.52.